The minimum Gasteiger partial charge on any atom is -0.276 e. The molecule has 0 amide bonds. The first-order chi connectivity index (χ1) is 5.47. The Balaban J connectivity index is 2.52. The minimum absolute atomic E-state index is 0.880. The maximum atomic E-state index is 4.15. The van der Waals surface area contributed by atoms with E-state index in [9.17, 15) is 0 Å². The molecule has 0 saturated carbocycles. The fourth-order valence-corrected chi connectivity index (χ4v) is 0.904. The van der Waals surface area contributed by atoms with Crippen LogP contribution in [-0.4, -0.2) is 16.4 Å². The van der Waals surface area contributed by atoms with Crippen molar-refractivity contribution in [1.29, 1.82) is 0 Å². The van der Waals surface area contributed by atoms with Crippen molar-refractivity contribution in [3.05, 3.63) is 30.1 Å². The number of hydrogen-bond donors (Lipinski definition) is 1. The molecule has 0 aromatic carbocycles. The zero-order valence-corrected chi connectivity index (χ0v) is 5.86. The Kier molecular flexibility index (Phi) is 1.41. The van der Waals surface area contributed by atoms with Crippen LogP contribution in [0.1, 0.15) is 5.69 Å². The molecule has 2 heterocycles. The molecule has 0 spiro atoms. The van der Waals surface area contributed by atoms with Crippen molar-refractivity contribution in [2.45, 2.75) is 0 Å². The predicted octanol–water partition coefficient (Wildman–Crippen LogP) is 1.70. The number of aliphatic imine (C=N–C) groups is 1. The summed E-state index contributed by atoms with van der Waals surface area (Å²) in [6, 6.07) is 0. The molecule has 3 heteroatoms. The average Bonchev–Trinajstić information content (AvgIpc) is 2.35. The van der Waals surface area contributed by atoms with Gasteiger partial charge in [0.05, 0.1) is 11.9 Å². The van der Waals surface area contributed by atoms with Gasteiger partial charge < -0.3 is 0 Å². The Morgan fingerprint density at radius 3 is 3.18 bits per heavy atom. The highest BCUT2D eigenvalue weighted by atomic mass is 15.1. The molecule has 1 aliphatic rings. The van der Waals surface area contributed by atoms with E-state index in [2.05, 4.69) is 15.2 Å². The van der Waals surface area contributed by atoms with E-state index in [1.807, 2.05) is 24.3 Å². The van der Waals surface area contributed by atoms with Gasteiger partial charge in [-0.1, -0.05) is 12.2 Å². The molecule has 0 radical (unpaired) electrons. The molecule has 2 rings (SSSR count). The molecule has 0 aliphatic carbocycles. The Bertz CT molecular complexity index is 300. The minimum atomic E-state index is 0.880. The van der Waals surface area contributed by atoms with Crippen molar-refractivity contribution in [3.63, 3.8) is 0 Å². The van der Waals surface area contributed by atoms with Gasteiger partial charge in [0.2, 0.25) is 0 Å². The van der Waals surface area contributed by atoms with Crippen LogP contribution in [0.25, 0.3) is 6.08 Å². The van der Waals surface area contributed by atoms with Crippen molar-refractivity contribution < 1.29 is 0 Å². The van der Waals surface area contributed by atoms with Crippen molar-refractivity contribution in [2.24, 2.45) is 4.99 Å². The highest BCUT2D eigenvalue weighted by molar-refractivity contribution is 5.78. The van der Waals surface area contributed by atoms with Gasteiger partial charge in [-0.25, -0.2) is 0 Å². The topological polar surface area (TPSA) is 41.0 Å². The number of nitrogens with one attached hydrogen (secondary N) is 1. The van der Waals surface area contributed by atoms with E-state index >= 15 is 0 Å². The van der Waals surface area contributed by atoms with E-state index in [-0.39, 0.29) is 0 Å². The van der Waals surface area contributed by atoms with Gasteiger partial charge in [0.25, 0.3) is 0 Å². The molecule has 54 valence electrons. The second-order valence-corrected chi connectivity index (χ2v) is 2.19. The molecule has 0 fully saturated rings. The molecule has 0 atom stereocenters. The van der Waals surface area contributed by atoms with Gasteiger partial charge in [-0.2, -0.15) is 5.10 Å². The van der Waals surface area contributed by atoms with Crippen LogP contribution in [0.4, 0.5) is 5.69 Å². The van der Waals surface area contributed by atoms with Crippen molar-refractivity contribution >= 4 is 18.0 Å². The van der Waals surface area contributed by atoms with Crippen molar-refractivity contribution in [2.75, 3.05) is 0 Å². The van der Waals surface area contributed by atoms with Crippen LogP contribution < -0.4 is 0 Å². The van der Waals surface area contributed by atoms with E-state index in [1.54, 1.807) is 12.4 Å². The second kappa shape index (κ2) is 2.54. The number of allylic oxidation sites excluding steroid dienone is 3. The summed E-state index contributed by atoms with van der Waals surface area (Å²) in [6.45, 7) is 0. The first kappa shape index (κ1) is 6.09. The third-order valence-corrected chi connectivity index (χ3v) is 1.43. The van der Waals surface area contributed by atoms with Crippen LogP contribution in [0, 0.1) is 0 Å². The zero-order valence-electron chi connectivity index (χ0n) is 5.86. The summed E-state index contributed by atoms with van der Waals surface area (Å²) in [4.78, 5) is 4.15. The number of hydrogen-bond acceptors (Lipinski definition) is 2. The SMILES string of the molecule is C1=CC=Nc2cn[nH]c2C=C1. The van der Waals surface area contributed by atoms with Gasteiger partial charge in [-0.15, -0.1) is 0 Å². The normalized spacial score (nSPS) is 14.2. The molecule has 1 aromatic rings. The number of H-pyrrole nitrogens is 1. The molecule has 1 aromatic heterocycles. The highest BCUT2D eigenvalue weighted by Gasteiger charge is 1.97. The Hall–Kier alpha value is -1.64. The first-order valence-electron chi connectivity index (χ1n) is 3.37. The van der Waals surface area contributed by atoms with Gasteiger partial charge in [-0.05, 0) is 12.2 Å². The zero-order chi connectivity index (χ0) is 7.52. The summed E-state index contributed by atoms with van der Waals surface area (Å²) >= 11 is 0. The van der Waals surface area contributed by atoms with Crippen LogP contribution in [-0.2, 0) is 0 Å². The Morgan fingerprint density at radius 2 is 2.18 bits per heavy atom. The molecule has 0 bridgehead atoms. The highest BCUT2D eigenvalue weighted by Crippen LogP contribution is 2.17. The molecule has 1 aliphatic heterocycles. The molecule has 0 unspecified atom stereocenters. The van der Waals surface area contributed by atoms with E-state index in [0.717, 1.165) is 11.4 Å². The predicted molar refractivity (Wildman–Crippen MR) is 44.9 cm³/mol. The molecule has 3 nitrogen and oxygen atoms in total. The Labute approximate surface area is 64.2 Å². The summed E-state index contributed by atoms with van der Waals surface area (Å²) < 4.78 is 0. The lowest BCUT2D eigenvalue weighted by atomic mass is 10.3. The van der Waals surface area contributed by atoms with E-state index in [0.29, 0.717) is 0 Å². The van der Waals surface area contributed by atoms with Crippen molar-refractivity contribution in [3.8, 4) is 0 Å². The number of aromatic nitrogens is 2. The smallest absolute Gasteiger partial charge is 0.108 e. The number of fused-ring (bicyclic) bond motifs is 1. The lowest BCUT2D eigenvalue weighted by Gasteiger charge is -1.90. The lowest BCUT2D eigenvalue weighted by molar-refractivity contribution is 1.08. The molecular formula is C8H7N3. The fraction of sp³-hybridized carbons (Fsp3) is 0. The average molecular weight is 145 g/mol. The van der Waals surface area contributed by atoms with Gasteiger partial charge in [0.1, 0.15) is 5.69 Å². The summed E-state index contributed by atoms with van der Waals surface area (Å²) in [5.74, 6) is 0. The third-order valence-electron chi connectivity index (χ3n) is 1.43. The Morgan fingerprint density at radius 1 is 1.18 bits per heavy atom. The third kappa shape index (κ3) is 1.12. The van der Waals surface area contributed by atoms with Crippen LogP contribution >= 0.6 is 0 Å². The van der Waals surface area contributed by atoms with Crippen molar-refractivity contribution in [1.82, 2.24) is 10.2 Å². The number of rotatable bonds is 0. The lowest BCUT2D eigenvalue weighted by Crippen LogP contribution is -1.74. The second-order valence-electron chi connectivity index (χ2n) is 2.19. The van der Waals surface area contributed by atoms with E-state index < -0.39 is 0 Å². The maximum absolute atomic E-state index is 4.15. The quantitative estimate of drug-likeness (QED) is 0.593. The first-order valence-corrected chi connectivity index (χ1v) is 3.37. The summed E-state index contributed by atoms with van der Waals surface area (Å²) in [6.07, 6.45) is 11.1. The van der Waals surface area contributed by atoms with Gasteiger partial charge >= 0.3 is 0 Å². The van der Waals surface area contributed by atoms with E-state index in [4.69, 9.17) is 0 Å². The molecule has 1 N–H and O–H groups in total. The van der Waals surface area contributed by atoms with Crippen LogP contribution in [0.15, 0.2) is 29.4 Å². The van der Waals surface area contributed by atoms with Gasteiger partial charge in [0.15, 0.2) is 0 Å². The fourth-order valence-electron chi connectivity index (χ4n) is 0.904. The monoisotopic (exact) mass is 145 g/mol. The standard InChI is InChI=1S/C8H7N3/c1-2-4-7-8(6-10-11-7)9-5-3-1/h1-6H,(H,10,11). The maximum Gasteiger partial charge on any atom is 0.108 e. The van der Waals surface area contributed by atoms with Crippen LogP contribution in [0.5, 0.6) is 0 Å². The molecule has 0 saturated heterocycles. The van der Waals surface area contributed by atoms with Gasteiger partial charge in [0, 0.05) is 6.21 Å². The van der Waals surface area contributed by atoms with Gasteiger partial charge in [-0.3, -0.25) is 10.1 Å². The number of nitrogens with zero attached hydrogens (tertiary/aromatic N) is 2. The number of aromatic amines is 1. The molecular weight excluding hydrogens is 138 g/mol. The summed E-state index contributed by atoms with van der Waals surface area (Å²) in [5.41, 5.74) is 1.83. The van der Waals surface area contributed by atoms with Crippen LogP contribution in [0.3, 0.4) is 0 Å². The summed E-state index contributed by atoms with van der Waals surface area (Å²) in [7, 11) is 0. The van der Waals surface area contributed by atoms with E-state index in [1.165, 1.54) is 0 Å². The summed E-state index contributed by atoms with van der Waals surface area (Å²) in [5, 5.41) is 6.71. The largest absolute Gasteiger partial charge is 0.276 e. The van der Waals surface area contributed by atoms with Crippen LogP contribution in [0.2, 0.25) is 0 Å². The molecule has 11 heavy (non-hydrogen) atoms.